The molecule has 1 saturated carbocycles. The summed E-state index contributed by atoms with van der Waals surface area (Å²) in [7, 11) is 3.85. The lowest BCUT2D eigenvalue weighted by molar-refractivity contribution is -0.149. The van der Waals surface area contributed by atoms with Gasteiger partial charge >= 0.3 is 0 Å². The summed E-state index contributed by atoms with van der Waals surface area (Å²) in [6.07, 6.45) is 2.65. The molecule has 5 heteroatoms. The van der Waals surface area contributed by atoms with E-state index in [1.807, 2.05) is 0 Å². The predicted molar refractivity (Wildman–Crippen MR) is 74.2 cm³/mol. The molecule has 0 aromatic rings. The summed E-state index contributed by atoms with van der Waals surface area (Å²) in [5.74, 6) is 0.193. The maximum Gasteiger partial charge on any atom is 0.260 e. The van der Waals surface area contributed by atoms with Crippen molar-refractivity contribution in [1.29, 1.82) is 0 Å². The molecule has 1 amide bonds. The summed E-state index contributed by atoms with van der Waals surface area (Å²) >= 11 is 0. The maximum absolute atomic E-state index is 14.3. The fraction of sp³-hybridized carbons (Fsp3) is 0.933. The minimum atomic E-state index is -1.55. The van der Waals surface area contributed by atoms with Crippen LogP contribution in [0.2, 0.25) is 0 Å². The van der Waals surface area contributed by atoms with E-state index >= 15 is 0 Å². The van der Waals surface area contributed by atoms with Crippen LogP contribution in [0.25, 0.3) is 0 Å². The Morgan fingerprint density at radius 1 is 1.35 bits per heavy atom. The largest absolute Gasteiger partial charge is 0.384 e. The fourth-order valence-corrected chi connectivity index (χ4v) is 4.25. The van der Waals surface area contributed by atoms with Gasteiger partial charge in [0.25, 0.3) is 5.91 Å². The lowest BCUT2D eigenvalue weighted by atomic mass is 9.77. The van der Waals surface area contributed by atoms with Crippen LogP contribution in [0.15, 0.2) is 0 Å². The summed E-state index contributed by atoms with van der Waals surface area (Å²) in [5.41, 5.74) is -1.44. The van der Waals surface area contributed by atoms with Gasteiger partial charge in [-0.3, -0.25) is 4.79 Å². The van der Waals surface area contributed by atoms with Crippen LogP contribution in [0.4, 0.5) is 4.39 Å². The molecule has 2 aliphatic heterocycles. The minimum Gasteiger partial charge on any atom is -0.384 e. The smallest absolute Gasteiger partial charge is 0.260 e. The van der Waals surface area contributed by atoms with E-state index in [1.165, 1.54) is 0 Å². The van der Waals surface area contributed by atoms with Crippen LogP contribution in [-0.4, -0.2) is 68.3 Å². The summed E-state index contributed by atoms with van der Waals surface area (Å²) in [6.45, 7) is 4.14. The Morgan fingerprint density at radius 2 is 2.10 bits per heavy atom. The molecule has 4 nitrogen and oxygen atoms in total. The van der Waals surface area contributed by atoms with Crippen molar-refractivity contribution in [2.75, 3.05) is 46.9 Å². The Labute approximate surface area is 120 Å². The second kappa shape index (κ2) is 4.95. The normalized spacial score (nSPS) is 36.5. The molecule has 3 fully saturated rings. The Balaban J connectivity index is 1.70. The zero-order valence-corrected chi connectivity index (χ0v) is 12.5. The molecule has 0 radical (unpaired) electrons. The SMILES string of the molecule is COC[C@H]1CN(C)C[C@@]12CCN(C(=O)C1(F)CCC1)C2. The molecule has 2 heterocycles. The van der Waals surface area contributed by atoms with Crippen molar-refractivity contribution in [3.63, 3.8) is 0 Å². The summed E-state index contributed by atoms with van der Waals surface area (Å²) in [5, 5.41) is 0. The number of likely N-dealkylation sites (tertiary alicyclic amines) is 2. The predicted octanol–water partition coefficient (Wildman–Crippen LogP) is 1.31. The molecule has 1 aliphatic carbocycles. The number of hydrogen-bond donors (Lipinski definition) is 0. The molecule has 3 aliphatic rings. The molecular weight excluding hydrogens is 259 g/mol. The number of amides is 1. The fourth-order valence-electron chi connectivity index (χ4n) is 4.25. The van der Waals surface area contributed by atoms with E-state index in [0.29, 0.717) is 31.8 Å². The Bertz CT molecular complexity index is 399. The molecule has 20 heavy (non-hydrogen) atoms. The third kappa shape index (κ3) is 2.15. The van der Waals surface area contributed by atoms with E-state index in [-0.39, 0.29) is 11.3 Å². The lowest BCUT2D eigenvalue weighted by Crippen LogP contribution is -2.50. The van der Waals surface area contributed by atoms with Crippen LogP contribution in [0.1, 0.15) is 25.7 Å². The first-order valence-corrected chi connectivity index (χ1v) is 7.65. The average molecular weight is 284 g/mol. The summed E-state index contributed by atoms with van der Waals surface area (Å²) in [6, 6.07) is 0. The standard InChI is InChI=1S/C15H25FN2O2/c1-17-8-12(9-20-2)14(10-17)6-7-18(11-14)13(19)15(16)4-3-5-15/h12H,3-11H2,1-2H3/t12-,14-/m1/s1. The number of rotatable bonds is 3. The van der Waals surface area contributed by atoms with Gasteiger partial charge in [-0.05, 0) is 32.7 Å². The maximum atomic E-state index is 14.3. The zero-order valence-electron chi connectivity index (χ0n) is 12.5. The number of halogens is 1. The van der Waals surface area contributed by atoms with Gasteiger partial charge in [-0.2, -0.15) is 0 Å². The van der Waals surface area contributed by atoms with Crippen molar-refractivity contribution in [3.05, 3.63) is 0 Å². The summed E-state index contributed by atoms with van der Waals surface area (Å²) < 4.78 is 19.7. The van der Waals surface area contributed by atoms with Crippen LogP contribution in [0, 0.1) is 11.3 Å². The van der Waals surface area contributed by atoms with Crippen molar-refractivity contribution in [3.8, 4) is 0 Å². The highest BCUT2D eigenvalue weighted by molar-refractivity contribution is 5.86. The number of hydrogen-bond acceptors (Lipinski definition) is 3. The topological polar surface area (TPSA) is 32.8 Å². The summed E-state index contributed by atoms with van der Waals surface area (Å²) in [4.78, 5) is 16.4. The van der Waals surface area contributed by atoms with Crippen LogP contribution >= 0.6 is 0 Å². The van der Waals surface area contributed by atoms with Crippen LogP contribution in [0.3, 0.4) is 0 Å². The molecule has 0 aromatic heterocycles. The van der Waals surface area contributed by atoms with Crippen molar-refractivity contribution in [1.82, 2.24) is 9.80 Å². The van der Waals surface area contributed by atoms with Gasteiger partial charge in [0.05, 0.1) is 6.61 Å². The van der Waals surface area contributed by atoms with E-state index in [0.717, 1.165) is 32.5 Å². The van der Waals surface area contributed by atoms with Crippen molar-refractivity contribution in [2.24, 2.45) is 11.3 Å². The molecule has 2 atom stereocenters. The van der Waals surface area contributed by atoms with E-state index in [9.17, 15) is 9.18 Å². The Hall–Kier alpha value is -0.680. The third-order valence-corrected chi connectivity index (χ3v) is 5.55. The Kier molecular flexibility index (Phi) is 3.53. The lowest BCUT2D eigenvalue weighted by Gasteiger charge is -2.36. The first-order chi connectivity index (χ1) is 9.49. The number of methoxy groups -OCH3 is 1. The first-order valence-electron chi connectivity index (χ1n) is 7.65. The number of carbonyl (C=O) groups excluding carboxylic acids is 1. The molecule has 0 N–H and O–H groups in total. The van der Waals surface area contributed by atoms with Crippen LogP contribution in [0.5, 0.6) is 0 Å². The van der Waals surface area contributed by atoms with Gasteiger partial charge in [0.2, 0.25) is 0 Å². The van der Waals surface area contributed by atoms with Crippen LogP contribution < -0.4 is 0 Å². The molecule has 1 spiro atoms. The first kappa shape index (κ1) is 14.3. The highest BCUT2D eigenvalue weighted by Gasteiger charge is 2.54. The van der Waals surface area contributed by atoms with Gasteiger partial charge in [-0.25, -0.2) is 4.39 Å². The number of nitrogens with zero attached hydrogens (tertiary/aromatic N) is 2. The van der Waals surface area contributed by atoms with Gasteiger partial charge in [0, 0.05) is 44.6 Å². The van der Waals surface area contributed by atoms with Gasteiger partial charge in [0.1, 0.15) is 0 Å². The minimum absolute atomic E-state index is 0.112. The molecule has 2 saturated heterocycles. The van der Waals surface area contributed by atoms with Gasteiger partial charge < -0.3 is 14.5 Å². The molecular formula is C15H25FN2O2. The third-order valence-electron chi connectivity index (χ3n) is 5.55. The van der Waals surface area contributed by atoms with Crippen molar-refractivity contribution in [2.45, 2.75) is 31.4 Å². The number of alkyl halides is 1. The molecule has 114 valence electrons. The van der Waals surface area contributed by atoms with Gasteiger partial charge in [0.15, 0.2) is 5.67 Å². The van der Waals surface area contributed by atoms with E-state index in [1.54, 1.807) is 12.0 Å². The number of carbonyl (C=O) groups is 1. The quantitative estimate of drug-likeness (QED) is 0.783. The monoisotopic (exact) mass is 284 g/mol. The van der Waals surface area contributed by atoms with E-state index in [2.05, 4.69) is 11.9 Å². The van der Waals surface area contributed by atoms with Crippen molar-refractivity contribution < 1.29 is 13.9 Å². The highest BCUT2D eigenvalue weighted by atomic mass is 19.1. The Morgan fingerprint density at radius 3 is 2.70 bits per heavy atom. The molecule has 0 aromatic carbocycles. The molecule has 0 unspecified atom stereocenters. The van der Waals surface area contributed by atoms with Crippen LogP contribution in [-0.2, 0) is 9.53 Å². The molecule has 3 rings (SSSR count). The number of ether oxygens (including phenoxy) is 1. The van der Waals surface area contributed by atoms with E-state index < -0.39 is 5.67 Å². The highest BCUT2D eigenvalue weighted by Crippen LogP contribution is 2.46. The van der Waals surface area contributed by atoms with Gasteiger partial charge in [-0.15, -0.1) is 0 Å². The van der Waals surface area contributed by atoms with Gasteiger partial charge in [-0.1, -0.05) is 0 Å². The van der Waals surface area contributed by atoms with E-state index in [4.69, 9.17) is 4.74 Å². The second-order valence-corrected chi connectivity index (χ2v) is 7.01. The zero-order chi connectivity index (χ0) is 14.4. The average Bonchev–Trinajstić information content (AvgIpc) is 2.92. The molecule has 0 bridgehead atoms. The second-order valence-electron chi connectivity index (χ2n) is 7.01. The van der Waals surface area contributed by atoms with Crippen molar-refractivity contribution >= 4 is 5.91 Å².